The maximum absolute atomic E-state index is 13.4. The van der Waals surface area contributed by atoms with Gasteiger partial charge in [0, 0.05) is 18.3 Å². The van der Waals surface area contributed by atoms with Crippen molar-refractivity contribution in [3.63, 3.8) is 0 Å². The number of ether oxygens (including phenoxy) is 2. The summed E-state index contributed by atoms with van der Waals surface area (Å²) in [5, 5.41) is 3.12. The molecule has 2 heterocycles. The van der Waals surface area contributed by atoms with Gasteiger partial charge >= 0.3 is 0 Å². The molecule has 0 spiro atoms. The van der Waals surface area contributed by atoms with Gasteiger partial charge in [-0.2, -0.15) is 4.31 Å². The van der Waals surface area contributed by atoms with Gasteiger partial charge in [0.2, 0.25) is 22.7 Å². The number of fused-ring (bicyclic) bond motifs is 1. The van der Waals surface area contributed by atoms with Crippen LogP contribution in [0.5, 0.6) is 11.5 Å². The monoisotopic (exact) mass is 532 g/mol. The zero-order valence-electron chi connectivity index (χ0n) is 21.7. The van der Waals surface area contributed by atoms with E-state index in [2.05, 4.69) is 5.32 Å². The van der Waals surface area contributed by atoms with Crippen LogP contribution in [0.2, 0.25) is 0 Å². The summed E-state index contributed by atoms with van der Waals surface area (Å²) < 4.78 is 39.0. The summed E-state index contributed by atoms with van der Waals surface area (Å²) in [5.74, 6) is 1.35. The largest absolute Gasteiger partial charge is 0.454 e. The van der Waals surface area contributed by atoms with Crippen LogP contribution in [0.4, 0.5) is 5.69 Å². The van der Waals surface area contributed by atoms with E-state index in [4.69, 9.17) is 9.47 Å². The molecule has 3 aliphatic rings. The number of piperidine rings is 1. The molecule has 7 nitrogen and oxygen atoms in total. The van der Waals surface area contributed by atoms with E-state index >= 15 is 0 Å². The molecular formula is C30H32N2O5S. The molecule has 0 aromatic heterocycles. The maximum Gasteiger partial charge on any atom is 0.243 e. The highest BCUT2D eigenvalue weighted by Gasteiger charge is 2.51. The highest BCUT2D eigenvalue weighted by atomic mass is 32.2. The maximum atomic E-state index is 13.4. The third-order valence-electron chi connectivity index (χ3n) is 8.12. The van der Waals surface area contributed by atoms with Gasteiger partial charge in [-0.25, -0.2) is 8.42 Å². The van der Waals surface area contributed by atoms with E-state index in [1.807, 2.05) is 62.4 Å². The molecular weight excluding hydrogens is 500 g/mol. The van der Waals surface area contributed by atoms with Crippen molar-refractivity contribution in [2.75, 3.05) is 18.7 Å². The van der Waals surface area contributed by atoms with Crippen LogP contribution in [-0.4, -0.2) is 38.0 Å². The second-order valence-corrected chi connectivity index (χ2v) is 12.5. The number of hydrogen-bond acceptors (Lipinski definition) is 5. The van der Waals surface area contributed by atoms with Crippen molar-refractivity contribution < 1.29 is 22.7 Å². The lowest BCUT2D eigenvalue weighted by molar-refractivity contribution is -0.118. The molecule has 3 aromatic rings. The molecule has 198 valence electrons. The quantitative estimate of drug-likeness (QED) is 0.445. The molecule has 1 N–H and O–H groups in total. The molecule has 1 aliphatic carbocycles. The first-order chi connectivity index (χ1) is 18.3. The van der Waals surface area contributed by atoms with Gasteiger partial charge < -0.3 is 14.8 Å². The number of rotatable bonds is 6. The predicted molar refractivity (Wildman–Crippen MR) is 146 cm³/mol. The number of aryl methyl sites for hydroxylation is 1. The number of hydrogen-bond donors (Lipinski definition) is 1. The predicted octanol–water partition coefficient (Wildman–Crippen LogP) is 5.62. The molecule has 2 fully saturated rings. The highest BCUT2D eigenvalue weighted by Crippen LogP contribution is 2.51. The Hall–Kier alpha value is -3.36. The second kappa shape index (κ2) is 9.43. The van der Waals surface area contributed by atoms with Gasteiger partial charge in [0.25, 0.3) is 0 Å². The summed E-state index contributed by atoms with van der Waals surface area (Å²) in [6.45, 7) is 4.76. The molecule has 6 rings (SSSR count). The summed E-state index contributed by atoms with van der Waals surface area (Å²) in [4.78, 5) is 13.7. The fourth-order valence-corrected chi connectivity index (χ4v) is 7.30. The first-order valence-corrected chi connectivity index (χ1v) is 14.7. The average molecular weight is 533 g/mol. The minimum Gasteiger partial charge on any atom is -0.454 e. The topological polar surface area (TPSA) is 84.9 Å². The van der Waals surface area contributed by atoms with E-state index in [0.29, 0.717) is 28.6 Å². The Morgan fingerprint density at radius 3 is 2.47 bits per heavy atom. The summed E-state index contributed by atoms with van der Waals surface area (Å²) >= 11 is 0. The van der Waals surface area contributed by atoms with Gasteiger partial charge in [0.15, 0.2) is 11.5 Å². The van der Waals surface area contributed by atoms with Gasteiger partial charge in [-0.3, -0.25) is 4.79 Å². The molecule has 38 heavy (non-hydrogen) atoms. The van der Waals surface area contributed by atoms with Crippen molar-refractivity contribution in [3.05, 3.63) is 71.8 Å². The lowest BCUT2D eigenvalue weighted by Crippen LogP contribution is -2.41. The van der Waals surface area contributed by atoms with Crippen molar-refractivity contribution in [3.8, 4) is 22.6 Å². The number of carbonyl (C=O) groups is 1. The molecule has 8 heteroatoms. The molecule has 0 bridgehead atoms. The van der Waals surface area contributed by atoms with E-state index in [1.54, 1.807) is 16.4 Å². The highest BCUT2D eigenvalue weighted by molar-refractivity contribution is 7.89. The van der Waals surface area contributed by atoms with Gasteiger partial charge in [-0.15, -0.1) is 0 Å². The molecule has 1 saturated heterocycles. The SMILES string of the molecule is Cc1ccc(NC(=O)C2(c3ccc4c(c3)OCO4)CC2)cc1-c1ccc(S(=O)(=O)N2CCCCC2C)cc1. The minimum absolute atomic E-state index is 0.0170. The Morgan fingerprint density at radius 1 is 0.974 bits per heavy atom. The van der Waals surface area contributed by atoms with E-state index in [0.717, 1.165) is 54.4 Å². The van der Waals surface area contributed by atoms with Gasteiger partial charge in [0.05, 0.1) is 10.3 Å². The van der Waals surface area contributed by atoms with Crippen molar-refractivity contribution >= 4 is 21.6 Å². The van der Waals surface area contributed by atoms with Crippen LogP contribution < -0.4 is 14.8 Å². The van der Waals surface area contributed by atoms with Gasteiger partial charge in [-0.05, 0) is 98.2 Å². The van der Waals surface area contributed by atoms with Crippen LogP contribution in [0, 0.1) is 6.92 Å². The van der Waals surface area contributed by atoms with Gasteiger partial charge in [-0.1, -0.05) is 30.7 Å². The number of benzene rings is 3. The van der Waals surface area contributed by atoms with Gasteiger partial charge in [0.1, 0.15) is 0 Å². The Labute approximate surface area is 223 Å². The normalized spacial score (nSPS) is 20.2. The smallest absolute Gasteiger partial charge is 0.243 e. The molecule has 3 aromatic carbocycles. The van der Waals surface area contributed by atoms with E-state index < -0.39 is 15.4 Å². The van der Waals surface area contributed by atoms with Crippen LogP contribution in [0.25, 0.3) is 11.1 Å². The van der Waals surface area contributed by atoms with Crippen molar-refractivity contribution in [2.24, 2.45) is 0 Å². The number of nitrogens with one attached hydrogen (secondary N) is 1. The molecule has 1 atom stereocenters. The number of sulfonamides is 1. The first kappa shape index (κ1) is 24.9. The Balaban J connectivity index is 1.22. The number of amides is 1. The molecule has 0 radical (unpaired) electrons. The van der Waals surface area contributed by atoms with Crippen LogP contribution >= 0.6 is 0 Å². The third kappa shape index (κ3) is 4.35. The number of carbonyl (C=O) groups excluding carboxylic acids is 1. The van der Waals surface area contributed by atoms with Crippen LogP contribution in [-0.2, 0) is 20.2 Å². The lowest BCUT2D eigenvalue weighted by atomic mass is 9.94. The Kier molecular flexibility index (Phi) is 6.19. The molecule has 1 saturated carbocycles. The summed E-state index contributed by atoms with van der Waals surface area (Å²) in [6.07, 6.45) is 4.42. The Morgan fingerprint density at radius 2 is 1.74 bits per heavy atom. The number of nitrogens with zero attached hydrogens (tertiary/aromatic N) is 1. The van der Waals surface area contributed by atoms with Crippen LogP contribution in [0.1, 0.15) is 50.2 Å². The summed E-state index contributed by atoms with van der Waals surface area (Å²) in [7, 11) is -3.52. The van der Waals surface area contributed by atoms with Crippen LogP contribution in [0.15, 0.2) is 65.6 Å². The summed E-state index contributed by atoms with van der Waals surface area (Å²) in [6, 6.07) is 18.7. The average Bonchev–Trinajstić information content (AvgIpc) is 3.60. The zero-order chi connectivity index (χ0) is 26.5. The second-order valence-electron chi connectivity index (χ2n) is 10.6. The van der Waals surface area contributed by atoms with Crippen LogP contribution in [0.3, 0.4) is 0 Å². The molecule has 1 unspecified atom stereocenters. The third-order valence-corrected chi connectivity index (χ3v) is 10.1. The molecule has 1 amide bonds. The standard InChI is InChI=1S/C30H32N2O5S/c1-20-6-10-24(31-29(33)30(14-15-30)23-9-13-27-28(17-23)37-19-36-27)18-26(20)22-7-11-25(12-8-22)38(34,35)32-16-4-3-5-21(32)2/h6-13,17-18,21H,3-5,14-16,19H2,1-2H3,(H,31,33). The van der Waals surface area contributed by atoms with Crippen molar-refractivity contribution in [2.45, 2.75) is 62.3 Å². The fraction of sp³-hybridized carbons (Fsp3) is 0.367. The van der Waals surface area contributed by atoms with E-state index in [9.17, 15) is 13.2 Å². The lowest BCUT2D eigenvalue weighted by Gasteiger charge is -2.32. The van der Waals surface area contributed by atoms with Crippen molar-refractivity contribution in [1.82, 2.24) is 4.31 Å². The summed E-state index contributed by atoms with van der Waals surface area (Å²) in [5.41, 5.74) is 3.98. The van der Waals surface area contributed by atoms with E-state index in [1.165, 1.54) is 0 Å². The molecule has 2 aliphatic heterocycles. The zero-order valence-corrected chi connectivity index (χ0v) is 22.5. The number of anilines is 1. The van der Waals surface area contributed by atoms with Crippen molar-refractivity contribution in [1.29, 1.82) is 0 Å². The fourth-order valence-electron chi connectivity index (χ4n) is 5.60. The minimum atomic E-state index is -3.52. The van der Waals surface area contributed by atoms with E-state index in [-0.39, 0.29) is 18.7 Å². The Bertz CT molecular complexity index is 1500. The first-order valence-electron chi connectivity index (χ1n) is 13.2.